The highest BCUT2D eigenvalue weighted by Crippen LogP contribution is 2.32. The predicted octanol–water partition coefficient (Wildman–Crippen LogP) is 3.36. The number of para-hydroxylation sites is 1. The highest BCUT2D eigenvalue weighted by atomic mass is 16.5. The van der Waals surface area contributed by atoms with Crippen LogP contribution in [0.15, 0.2) is 24.3 Å². The largest absolute Gasteiger partial charge is 0.369 e. The van der Waals surface area contributed by atoms with E-state index in [1.54, 1.807) is 0 Å². The van der Waals surface area contributed by atoms with Crippen molar-refractivity contribution in [3.63, 3.8) is 0 Å². The van der Waals surface area contributed by atoms with Gasteiger partial charge in [-0.1, -0.05) is 25.1 Å². The summed E-state index contributed by atoms with van der Waals surface area (Å²) in [5.74, 6) is 0. The summed E-state index contributed by atoms with van der Waals surface area (Å²) in [6.45, 7) is 10.6. The Labute approximate surface area is 123 Å². The fourth-order valence-electron chi connectivity index (χ4n) is 3.29. The number of hydrogen-bond donors (Lipinski definition) is 1. The zero-order valence-corrected chi connectivity index (χ0v) is 13.4. The molecule has 0 spiro atoms. The lowest BCUT2D eigenvalue weighted by atomic mass is 9.99. The Hall–Kier alpha value is -1.06. The van der Waals surface area contributed by atoms with Gasteiger partial charge in [0.25, 0.3) is 0 Å². The van der Waals surface area contributed by atoms with E-state index in [4.69, 9.17) is 4.74 Å². The smallest absolute Gasteiger partial charge is 0.0805 e. The van der Waals surface area contributed by atoms with Crippen LogP contribution in [0.3, 0.4) is 0 Å². The van der Waals surface area contributed by atoms with Crippen LogP contribution in [0.5, 0.6) is 0 Å². The molecule has 1 saturated heterocycles. The predicted molar refractivity (Wildman–Crippen MR) is 85.4 cm³/mol. The summed E-state index contributed by atoms with van der Waals surface area (Å²) in [6, 6.07) is 9.16. The van der Waals surface area contributed by atoms with Gasteiger partial charge in [-0.2, -0.15) is 0 Å². The Morgan fingerprint density at radius 2 is 2.10 bits per heavy atom. The van der Waals surface area contributed by atoms with Gasteiger partial charge in [0.1, 0.15) is 0 Å². The van der Waals surface area contributed by atoms with Crippen LogP contribution in [-0.2, 0) is 4.74 Å². The summed E-state index contributed by atoms with van der Waals surface area (Å²) in [5, 5.41) is 3.42. The molecule has 112 valence electrons. The number of rotatable bonds is 4. The maximum absolute atomic E-state index is 6.02. The van der Waals surface area contributed by atoms with Crippen LogP contribution < -0.4 is 10.2 Å². The fourth-order valence-corrected chi connectivity index (χ4v) is 3.29. The summed E-state index contributed by atoms with van der Waals surface area (Å²) in [7, 11) is 2.04. The molecule has 20 heavy (non-hydrogen) atoms. The van der Waals surface area contributed by atoms with Crippen molar-refractivity contribution in [3.05, 3.63) is 29.8 Å². The standard InChI is InChI=1S/C17H28N2O/c1-6-15(18-5)14-9-7-8-10-16(14)19-11-13(2)20-17(3,4)12-19/h7-10,13,15,18H,6,11-12H2,1-5H3. The number of nitrogens with one attached hydrogen (secondary N) is 1. The minimum Gasteiger partial charge on any atom is -0.369 e. The topological polar surface area (TPSA) is 24.5 Å². The van der Waals surface area contributed by atoms with Crippen LogP contribution in [0, 0.1) is 0 Å². The second kappa shape index (κ2) is 6.15. The van der Waals surface area contributed by atoms with Crippen LogP contribution >= 0.6 is 0 Å². The first-order valence-corrected chi connectivity index (χ1v) is 7.66. The molecule has 2 unspecified atom stereocenters. The van der Waals surface area contributed by atoms with E-state index >= 15 is 0 Å². The molecule has 2 atom stereocenters. The Morgan fingerprint density at radius 1 is 1.40 bits per heavy atom. The molecule has 0 saturated carbocycles. The molecule has 0 aliphatic carbocycles. The highest BCUT2D eigenvalue weighted by Gasteiger charge is 2.32. The van der Waals surface area contributed by atoms with E-state index in [0.717, 1.165) is 19.5 Å². The first-order valence-electron chi connectivity index (χ1n) is 7.66. The van der Waals surface area contributed by atoms with Gasteiger partial charge in [0.15, 0.2) is 0 Å². The molecule has 1 fully saturated rings. The first kappa shape index (κ1) is 15.3. The van der Waals surface area contributed by atoms with E-state index in [1.165, 1.54) is 11.3 Å². The minimum absolute atomic E-state index is 0.0911. The average molecular weight is 276 g/mol. The summed E-state index contributed by atoms with van der Waals surface area (Å²) in [5.41, 5.74) is 2.64. The third-order valence-corrected chi connectivity index (χ3v) is 3.98. The Balaban J connectivity index is 2.32. The Bertz CT molecular complexity index is 440. The lowest BCUT2D eigenvalue weighted by Crippen LogP contribution is -2.52. The van der Waals surface area contributed by atoms with Crippen LogP contribution in [-0.4, -0.2) is 31.8 Å². The van der Waals surface area contributed by atoms with E-state index in [9.17, 15) is 0 Å². The third-order valence-electron chi connectivity index (χ3n) is 3.98. The van der Waals surface area contributed by atoms with Crippen molar-refractivity contribution in [1.82, 2.24) is 5.32 Å². The Kier molecular flexibility index (Phi) is 4.71. The van der Waals surface area contributed by atoms with Crippen LogP contribution in [0.1, 0.15) is 45.7 Å². The molecule has 0 amide bonds. The van der Waals surface area contributed by atoms with Crippen LogP contribution in [0.4, 0.5) is 5.69 Å². The van der Waals surface area contributed by atoms with Crippen molar-refractivity contribution in [3.8, 4) is 0 Å². The van der Waals surface area contributed by atoms with E-state index in [2.05, 4.69) is 62.2 Å². The minimum atomic E-state index is -0.0911. The normalized spacial score (nSPS) is 23.6. The van der Waals surface area contributed by atoms with Crippen molar-refractivity contribution in [2.24, 2.45) is 0 Å². The number of morpholine rings is 1. The molecular weight excluding hydrogens is 248 g/mol. The summed E-state index contributed by atoms with van der Waals surface area (Å²) < 4.78 is 6.02. The molecule has 1 N–H and O–H groups in total. The molecule has 1 aliphatic heterocycles. The van der Waals surface area contributed by atoms with Crippen LogP contribution in [0.25, 0.3) is 0 Å². The van der Waals surface area contributed by atoms with Crippen molar-refractivity contribution in [2.75, 3.05) is 25.0 Å². The number of anilines is 1. The SMILES string of the molecule is CCC(NC)c1ccccc1N1CC(C)OC(C)(C)C1. The van der Waals surface area contributed by atoms with Gasteiger partial charge >= 0.3 is 0 Å². The maximum Gasteiger partial charge on any atom is 0.0805 e. The summed E-state index contributed by atoms with van der Waals surface area (Å²) >= 11 is 0. The maximum atomic E-state index is 6.02. The molecule has 0 aromatic heterocycles. The second-order valence-electron chi connectivity index (χ2n) is 6.38. The van der Waals surface area contributed by atoms with Gasteiger partial charge in [0.05, 0.1) is 11.7 Å². The van der Waals surface area contributed by atoms with Crippen molar-refractivity contribution in [1.29, 1.82) is 0 Å². The van der Waals surface area contributed by atoms with Gasteiger partial charge in [-0.05, 0) is 45.9 Å². The quantitative estimate of drug-likeness (QED) is 0.912. The molecule has 2 rings (SSSR count). The molecule has 0 bridgehead atoms. The number of benzene rings is 1. The molecule has 1 aromatic rings. The Morgan fingerprint density at radius 3 is 2.70 bits per heavy atom. The number of nitrogens with zero attached hydrogens (tertiary/aromatic N) is 1. The summed E-state index contributed by atoms with van der Waals surface area (Å²) in [4.78, 5) is 2.48. The van der Waals surface area contributed by atoms with Gasteiger partial charge in [0, 0.05) is 24.8 Å². The lowest BCUT2D eigenvalue weighted by molar-refractivity contribution is -0.0750. The number of ether oxygens (including phenoxy) is 1. The van der Waals surface area contributed by atoms with E-state index in [1.807, 2.05) is 7.05 Å². The monoisotopic (exact) mass is 276 g/mol. The zero-order valence-electron chi connectivity index (χ0n) is 13.4. The van der Waals surface area contributed by atoms with Crippen molar-refractivity contribution >= 4 is 5.69 Å². The van der Waals surface area contributed by atoms with Gasteiger partial charge in [0.2, 0.25) is 0 Å². The third kappa shape index (κ3) is 3.33. The molecule has 1 aliphatic rings. The van der Waals surface area contributed by atoms with Crippen molar-refractivity contribution in [2.45, 2.75) is 51.9 Å². The van der Waals surface area contributed by atoms with E-state index in [-0.39, 0.29) is 11.7 Å². The number of hydrogen-bond acceptors (Lipinski definition) is 3. The fraction of sp³-hybridized carbons (Fsp3) is 0.647. The average Bonchev–Trinajstić information content (AvgIpc) is 2.38. The zero-order chi connectivity index (χ0) is 14.8. The van der Waals surface area contributed by atoms with Gasteiger partial charge < -0.3 is 15.0 Å². The molecule has 1 heterocycles. The highest BCUT2D eigenvalue weighted by molar-refractivity contribution is 5.55. The second-order valence-corrected chi connectivity index (χ2v) is 6.38. The van der Waals surface area contributed by atoms with Gasteiger partial charge in [-0.25, -0.2) is 0 Å². The lowest BCUT2D eigenvalue weighted by Gasteiger charge is -2.44. The molecule has 3 heteroatoms. The van der Waals surface area contributed by atoms with Crippen LogP contribution in [0.2, 0.25) is 0 Å². The van der Waals surface area contributed by atoms with Gasteiger partial charge in [-0.3, -0.25) is 0 Å². The van der Waals surface area contributed by atoms with E-state index < -0.39 is 0 Å². The summed E-state index contributed by atoms with van der Waals surface area (Å²) in [6.07, 6.45) is 1.36. The molecular formula is C17H28N2O. The molecule has 1 aromatic carbocycles. The van der Waals surface area contributed by atoms with Crippen molar-refractivity contribution < 1.29 is 4.74 Å². The van der Waals surface area contributed by atoms with E-state index in [0.29, 0.717) is 6.04 Å². The van der Waals surface area contributed by atoms with Gasteiger partial charge in [-0.15, -0.1) is 0 Å². The molecule has 3 nitrogen and oxygen atoms in total. The first-order chi connectivity index (χ1) is 9.46. The molecule has 0 radical (unpaired) electrons.